The molecule has 1 N–H and O–H groups in total. The van der Waals surface area contributed by atoms with Crippen LogP contribution in [-0.4, -0.2) is 40.1 Å². The number of nitrogens with one attached hydrogen (secondary N) is 1. The van der Waals surface area contributed by atoms with Crippen molar-refractivity contribution in [3.8, 4) is 11.5 Å². The SMILES string of the molecule is CCn1c(CCCOc2ccc(Cl)cc2C)nnc1SCC(=O)Nc1ccccc1OC. The number of hydrogen-bond donors (Lipinski definition) is 1. The van der Waals surface area contributed by atoms with Crippen LogP contribution in [0, 0.1) is 6.92 Å². The summed E-state index contributed by atoms with van der Waals surface area (Å²) in [7, 11) is 1.58. The zero-order chi connectivity index (χ0) is 22.9. The lowest BCUT2D eigenvalue weighted by Crippen LogP contribution is -2.15. The van der Waals surface area contributed by atoms with E-state index in [0.717, 1.165) is 41.7 Å². The van der Waals surface area contributed by atoms with Crippen molar-refractivity contribution in [3.05, 3.63) is 58.9 Å². The highest BCUT2D eigenvalue weighted by molar-refractivity contribution is 7.99. The quantitative estimate of drug-likeness (QED) is 0.311. The molecule has 0 fully saturated rings. The summed E-state index contributed by atoms with van der Waals surface area (Å²) >= 11 is 7.35. The minimum Gasteiger partial charge on any atom is -0.495 e. The molecule has 1 aromatic heterocycles. The second-order valence-electron chi connectivity index (χ2n) is 7.04. The molecule has 1 heterocycles. The van der Waals surface area contributed by atoms with Crippen LogP contribution < -0.4 is 14.8 Å². The summed E-state index contributed by atoms with van der Waals surface area (Å²) in [6.45, 7) is 5.32. The molecule has 3 aromatic rings. The summed E-state index contributed by atoms with van der Waals surface area (Å²) < 4.78 is 13.2. The average Bonchev–Trinajstić information content (AvgIpc) is 3.18. The summed E-state index contributed by atoms with van der Waals surface area (Å²) in [6.07, 6.45) is 1.54. The van der Waals surface area contributed by atoms with Crippen LogP contribution in [0.2, 0.25) is 5.02 Å². The molecule has 0 aliphatic carbocycles. The first kappa shape index (κ1) is 23.9. The normalized spacial score (nSPS) is 10.8. The fraction of sp³-hybridized carbons (Fsp3) is 0.348. The van der Waals surface area contributed by atoms with Crippen molar-refractivity contribution in [3.63, 3.8) is 0 Å². The molecule has 7 nitrogen and oxygen atoms in total. The van der Waals surface area contributed by atoms with Gasteiger partial charge in [0.1, 0.15) is 17.3 Å². The van der Waals surface area contributed by atoms with E-state index in [4.69, 9.17) is 21.1 Å². The lowest BCUT2D eigenvalue weighted by Gasteiger charge is -2.11. The molecule has 0 saturated carbocycles. The molecular formula is C23H27ClN4O3S. The predicted molar refractivity (Wildman–Crippen MR) is 128 cm³/mol. The molecule has 2 aromatic carbocycles. The van der Waals surface area contributed by atoms with Crippen LogP contribution in [0.4, 0.5) is 5.69 Å². The first-order valence-electron chi connectivity index (χ1n) is 10.4. The van der Waals surface area contributed by atoms with Crippen LogP contribution in [-0.2, 0) is 17.8 Å². The number of methoxy groups -OCH3 is 1. The number of aryl methyl sites for hydroxylation is 2. The van der Waals surface area contributed by atoms with E-state index in [-0.39, 0.29) is 11.7 Å². The Morgan fingerprint density at radius 3 is 2.75 bits per heavy atom. The zero-order valence-corrected chi connectivity index (χ0v) is 20.0. The van der Waals surface area contributed by atoms with Gasteiger partial charge in [-0.2, -0.15) is 0 Å². The van der Waals surface area contributed by atoms with E-state index < -0.39 is 0 Å². The van der Waals surface area contributed by atoms with Gasteiger partial charge in [0.25, 0.3) is 0 Å². The smallest absolute Gasteiger partial charge is 0.234 e. The van der Waals surface area contributed by atoms with Gasteiger partial charge < -0.3 is 19.4 Å². The number of amides is 1. The lowest BCUT2D eigenvalue weighted by atomic mass is 10.2. The van der Waals surface area contributed by atoms with Gasteiger partial charge in [-0.15, -0.1) is 10.2 Å². The average molecular weight is 475 g/mol. The summed E-state index contributed by atoms with van der Waals surface area (Å²) in [5.41, 5.74) is 1.66. The Kier molecular flexibility index (Phi) is 8.81. The number of hydrogen-bond acceptors (Lipinski definition) is 6. The second kappa shape index (κ2) is 11.8. The largest absolute Gasteiger partial charge is 0.495 e. The van der Waals surface area contributed by atoms with E-state index >= 15 is 0 Å². The Morgan fingerprint density at radius 2 is 2.00 bits per heavy atom. The van der Waals surface area contributed by atoms with Crippen molar-refractivity contribution in [1.29, 1.82) is 0 Å². The van der Waals surface area contributed by atoms with Crippen LogP contribution >= 0.6 is 23.4 Å². The number of thioether (sulfide) groups is 1. The number of carbonyl (C=O) groups excluding carboxylic acids is 1. The molecule has 0 aliphatic heterocycles. The maximum absolute atomic E-state index is 12.4. The Morgan fingerprint density at radius 1 is 1.19 bits per heavy atom. The minimum atomic E-state index is -0.126. The van der Waals surface area contributed by atoms with Gasteiger partial charge in [-0.05, 0) is 56.2 Å². The van der Waals surface area contributed by atoms with E-state index in [1.54, 1.807) is 13.2 Å². The number of anilines is 1. The zero-order valence-electron chi connectivity index (χ0n) is 18.4. The van der Waals surface area contributed by atoms with Crippen LogP contribution in [0.15, 0.2) is 47.6 Å². The van der Waals surface area contributed by atoms with Gasteiger partial charge in [-0.1, -0.05) is 35.5 Å². The molecule has 9 heteroatoms. The van der Waals surface area contributed by atoms with Crippen molar-refractivity contribution in [2.75, 3.05) is 24.8 Å². The highest BCUT2D eigenvalue weighted by Gasteiger charge is 2.14. The number of para-hydroxylation sites is 2. The van der Waals surface area contributed by atoms with E-state index in [2.05, 4.69) is 15.5 Å². The number of benzene rings is 2. The second-order valence-corrected chi connectivity index (χ2v) is 8.42. The van der Waals surface area contributed by atoms with Crippen molar-refractivity contribution in [2.24, 2.45) is 0 Å². The van der Waals surface area contributed by atoms with Crippen molar-refractivity contribution in [1.82, 2.24) is 14.8 Å². The van der Waals surface area contributed by atoms with E-state index in [0.29, 0.717) is 23.1 Å². The molecule has 1 amide bonds. The lowest BCUT2D eigenvalue weighted by molar-refractivity contribution is -0.113. The molecule has 0 saturated heterocycles. The van der Waals surface area contributed by atoms with E-state index in [1.807, 2.05) is 54.8 Å². The number of carbonyl (C=O) groups is 1. The number of nitrogens with zero attached hydrogens (tertiary/aromatic N) is 3. The fourth-order valence-electron chi connectivity index (χ4n) is 3.18. The number of aromatic nitrogens is 3. The van der Waals surface area contributed by atoms with Crippen LogP contribution in [0.1, 0.15) is 24.7 Å². The Bertz CT molecular complexity index is 1060. The third kappa shape index (κ3) is 6.40. The molecule has 3 rings (SSSR count). The molecular weight excluding hydrogens is 448 g/mol. The standard InChI is InChI=1S/C23H27ClN4O3S/c1-4-28-21(10-7-13-31-19-12-11-17(24)14-16(19)2)26-27-23(28)32-15-22(29)25-18-8-5-6-9-20(18)30-3/h5-6,8-9,11-12,14H,4,7,10,13,15H2,1-3H3,(H,25,29). The number of halogens is 1. The molecule has 0 bridgehead atoms. The fourth-order valence-corrected chi connectivity index (χ4v) is 4.23. The van der Waals surface area contributed by atoms with Crippen molar-refractivity contribution >= 4 is 35.0 Å². The highest BCUT2D eigenvalue weighted by Crippen LogP contribution is 2.25. The minimum absolute atomic E-state index is 0.126. The summed E-state index contributed by atoms with van der Waals surface area (Å²) in [5.74, 6) is 2.45. The van der Waals surface area contributed by atoms with Gasteiger partial charge in [0.15, 0.2) is 5.16 Å². The Balaban J connectivity index is 1.50. The van der Waals surface area contributed by atoms with Gasteiger partial charge in [-0.3, -0.25) is 4.79 Å². The summed E-state index contributed by atoms with van der Waals surface area (Å²) in [5, 5.41) is 12.9. The van der Waals surface area contributed by atoms with E-state index in [9.17, 15) is 4.79 Å². The summed E-state index contributed by atoms with van der Waals surface area (Å²) in [6, 6.07) is 12.9. The maximum atomic E-state index is 12.4. The van der Waals surface area contributed by atoms with Gasteiger partial charge >= 0.3 is 0 Å². The van der Waals surface area contributed by atoms with Crippen LogP contribution in [0.5, 0.6) is 11.5 Å². The molecule has 0 unspecified atom stereocenters. The topological polar surface area (TPSA) is 78.3 Å². The van der Waals surface area contributed by atoms with Crippen LogP contribution in [0.3, 0.4) is 0 Å². The summed E-state index contributed by atoms with van der Waals surface area (Å²) in [4.78, 5) is 12.4. The number of rotatable bonds is 11. The first-order chi connectivity index (χ1) is 15.5. The third-order valence-electron chi connectivity index (χ3n) is 4.76. The van der Waals surface area contributed by atoms with Gasteiger partial charge in [0.2, 0.25) is 5.91 Å². The van der Waals surface area contributed by atoms with E-state index in [1.165, 1.54) is 11.8 Å². The Hall–Kier alpha value is -2.71. The van der Waals surface area contributed by atoms with Crippen molar-refractivity contribution < 1.29 is 14.3 Å². The molecule has 0 aliphatic rings. The molecule has 32 heavy (non-hydrogen) atoms. The third-order valence-corrected chi connectivity index (χ3v) is 5.96. The first-order valence-corrected chi connectivity index (χ1v) is 11.7. The van der Waals surface area contributed by atoms with Crippen LogP contribution in [0.25, 0.3) is 0 Å². The molecule has 0 radical (unpaired) electrons. The molecule has 170 valence electrons. The van der Waals surface area contributed by atoms with Crippen molar-refractivity contribution in [2.45, 2.75) is 38.4 Å². The molecule has 0 atom stereocenters. The number of ether oxygens (including phenoxy) is 2. The van der Waals surface area contributed by atoms with Gasteiger partial charge in [-0.25, -0.2) is 0 Å². The van der Waals surface area contributed by atoms with Gasteiger partial charge in [0.05, 0.1) is 25.2 Å². The monoisotopic (exact) mass is 474 g/mol. The predicted octanol–water partition coefficient (Wildman–Crippen LogP) is 5.01. The Labute approximate surface area is 197 Å². The molecule has 0 spiro atoms. The maximum Gasteiger partial charge on any atom is 0.234 e. The van der Waals surface area contributed by atoms with Gasteiger partial charge in [0, 0.05) is 18.0 Å². The highest BCUT2D eigenvalue weighted by atomic mass is 35.5.